The fourth-order valence-electron chi connectivity index (χ4n) is 2.96. The van der Waals surface area contributed by atoms with Crippen LogP contribution in [-0.4, -0.2) is 45.3 Å². The third-order valence-electron chi connectivity index (χ3n) is 4.06. The maximum Gasteiger partial charge on any atom is 0.220 e. The van der Waals surface area contributed by atoms with Crippen LogP contribution in [0.5, 0.6) is 0 Å². The molecule has 3 rings (SSSR count). The summed E-state index contributed by atoms with van der Waals surface area (Å²) in [5, 5.41) is 0. The highest BCUT2D eigenvalue weighted by Gasteiger charge is 2.29. The molecule has 5 nitrogen and oxygen atoms in total. The summed E-state index contributed by atoms with van der Waals surface area (Å²) in [4.78, 5) is 24.7. The van der Waals surface area contributed by atoms with Crippen LogP contribution in [0.4, 0.5) is 0 Å². The number of piperazine rings is 1. The van der Waals surface area contributed by atoms with E-state index in [1.165, 1.54) is 5.56 Å². The molecule has 1 saturated heterocycles. The normalized spacial score (nSPS) is 19.1. The lowest BCUT2D eigenvalue weighted by atomic mass is 10.0. The molecule has 2 heterocycles. The molecule has 0 unspecified atom stereocenters. The van der Waals surface area contributed by atoms with Gasteiger partial charge < -0.3 is 4.90 Å². The fourth-order valence-corrected chi connectivity index (χ4v) is 2.96. The largest absolute Gasteiger partial charge is 0.333 e. The summed E-state index contributed by atoms with van der Waals surface area (Å²) in [6, 6.07) is 10.3. The van der Waals surface area contributed by atoms with E-state index in [2.05, 4.69) is 27.0 Å². The zero-order chi connectivity index (χ0) is 15.4. The van der Waals surface area contributed by atoms with Gasteiger partial charge in [-0.05, 0) is 5.56 Å². The molecule has 1 aromatic heterocycles. The summed E-state index contributed by atoms with van der Waals surface area (Å²) in [5.41, 5.74) is 2.15. The number of carbonyl (C=O) groups excluding carboxylic acids is 1. The molecule has 1 atom stereocenters. The van der Waals surface area contributed by atoms with Crippen LogP contribution in [0, 0.1) is 0 Å². The Morgan fingerprint density at radius 2 is 2.05 bits per heavy atom. The van der Waals surface area contributed by atoms with Crippen LogP contribution in [-0.2, 0) is 11.3 Å². The Morgan fingerprint density at radius 1 is 1.23 bits per heavy atom. The Kier molecular flexibility index (Phi) is 4.44. The quantitative estimate of drug-likeness (QED) is 0.868. The molecule has 0 aliphatic carbocycles. The van der Waals surface area contributed by atoms with Gasteiger partial charge in [0.15, 0.2) is 0 Å². The predicted molar refractivity (Wildman–Crippen MR) is 83.9 cm³/mol. The van der Waals surface area contributed by atoms with Crippen molar-refractivity contribution in [3.05, 3.63) is 60.2 Å². The molecule has 2 aromatic rings. The van der Waals surface area contributed by atoms with Crippen molar-refractivity contribution in [1.29, 1.82) is 0 Å². The van der Waals surface area contributed by atoms with Gasteiger partial charge in [0, 0.05) is 51.7 Å². The molecule has 0 radical (unpaired) electrons. The molecular weight excluding hydrogens is 276 g/mol. The van der Waals surface area contributed by atoms with Gasteiger partial charge in [-0.15, -0.1) is 0 Å². The van der Waals surface area contributed by atoms with Gasteiger partial charge in [0.2, 0.25) is 5.91 Å². The van der Waals surface area contributed by atoms with Gasteiger partial charge in [-0.25, -0.2) is 0 Å². The van der Waals surface area contributed by atoms with E-state index in [1.807, 2.05) is 23.1 Å². The lowest BCUT2D eigenvalue weighted by molar-refractivity contribution is -0.134. The van der Waals surface area contributed by atoms with E-state index in [1.54, 1.807) is 25.5 Å². The zero-order valence-corrected chi connectivity index (χ0v) is 12.7. The minimum Gasteiger partial charge on any atom is -0.333 e. The first-order valence-electron chi connectivity index (χ1n) is 7.53. The van der Waals surface area contributed by atoms with Crippen molar-refractivity contribution in [3.63, 3.8) is 0 Å². The minimum atomic E-state index is 0.101. The first-order chi connectivity index (χ1) is 10.7. The van der Waals surface area contributed by atoms with Crippen LogP contribution in [0.3, 0.4) is 0 Å². The van der Waals surface area contributed by atoms with Crippen molar-refractivity contribution >= 4 is 5.91 Å². The van der Waals surface area contributed by atoms with Crippen molar-refractivity contribution in [2.75, 3.05) is 19.6 Å². The number of nitrogens with zero attached hydrogens (tertiary/aromatic N) is 4. The second kappa shape index (κ2) is 6.66. The first-order valence-corrected chi connectivity index (χ1v) is 7.53. The van der Waals surface area contributed by atoms with Crippen LogP contribution in [0.25, 0.3) is 0 Å². The number of hydrogen-bond acceptors (Lipinski definition) is 4. The van der Waals surface area contributed by atoms with Gasteiger partial charge in [-0.1, -0.05) is 30.3 Å². The number of rotatable bonds is 3. The number of aromatic nitrogens is 2. The number of benzene rings is 1. The van der Waals surface area contributed by atoms with E-state index in [0.717, 1.165) is 31.9 Å². The van der Waals surface area contributed by atoms with Crippen molar-refractivity contribution < 1.29 is 4.79 Å². The van der Waals surface area contributed by atoms with Crippen LogP contribution in [0.1, 0.15) is 24.2 Å². The van der Waals surface area contributed by atoms with Gasteiger partial charge in [0.1, 0.15) is 0 Å². The van der Waals surface area contributed by atoms with Crippen LogP contribution >= 0.6 is 0 Å². The summed E-state index contributed by atoms with van der Waals surface area (Å²) >= 11 is 0. The second-order valence-electron chi connectivity index (χ2n) is 5.57. The molecule has 5 heteroatoms. The van der Waals surface area contributed by atoms with Crippen LogP contribution in [0.15, 0.2) is 48.9 Å². The van der Waals surface area contributed by atoms with Crippen molar-refractivity contribution in [1.82, 2.24) is 19.8 Å². The Labute approximate surface area is 130 Å². The maximum absolute atomic E-state index is 11.9. The monoisotopic (exact) mass is 296 g/mol. The summed E-state index contributed by atoms with van der Waals surface area (Å²) in [7, 11) is 0. The first kappa shape index (κ1) is 14.7. The molecule has 1 aliphatic heterocycles. The number of hydrogen-bond donors (Lipinski definition) is 0. The zero-order valence-electron chi connectivity index (χ0n) is 12.7. The Balaban J connectivity index is 1.77. The number of carbonyl (C=O) groups is 1. The van der Waals surface area contributed by atoms with E-state index in [0.29, 0.717) is 0 Å². The summed E-state index contributed by atoms with van der Waals surface area (Å²) in [6.07, 6.45) is 5.20. The molecule has 1 aliphatic rings. The molecule has 1 amide bonds. The molecular formula is C17H20N4O. The Hall–Kier alpha value is -2.27. The lowest BCUT2D eigenvalue weighted by Crippen LogP contribution is -2.49. The van der Waals surface area contributed by atoms with Crippen molar-refractivity contribution in [2.24, 2.45) is 0 Å². The average molecular weight is 296 g/mol. The number of amides is 1. The topological polar surface area (TPSA) is 49.3 Å². The molecule has 114 valence electrons. The molecule has 1 aromatic carbocycles. The molecule has 0 saturated carbocycles. The van der Waals surface area contributed by atoms with Gasteiger partial charge in [-0.2, -0.15) is 0 Å². The molecule has 0 bridgehead atoms. The third kappa shape index (κ3) is 3.31. The highest BCUT2D eigenvalue weighted by molar-refractivity contribution is 5.74. The van der Waals surface area contributed by atoms with E-state index in [4.69, 9.17) is 0 Å². The van der Waals surface area contributed by atoms with Gasteiger partial charge >= 0.3 is 0 Å². The highest BCUT2D eigenvalue weighted by Crippen LogP contribution is 2.26. The summed E-state index contributed by atoms with van der Waals surface area (Å²) < 4.78 is 0. The van der Waals surface area contributed by atoms with Crippen molar-refractivity contribution in [2.45, 2.75) is 19.5 Å². The van der Waals surface area contributed by atoms with E-state index in [9.17, 15) is 4.79 Å². The summed E-state index contributed by atoms with van der Waals surface area (Å²) in [5.74, 6) is 0.132. The van der Waals surface area contributed by atoms with Crippen molar-refractivity contribution in [3.8, 4) is 0 Å². The van der Waals surface area contributed by atoms with E-state index < -0.39 is 0 Å². The SMILES string of the molecule is CC(=O)N1CCN(Cc2cnccn2)C[C@@H]1c1ccccc1. The van der Waals surface area contributed by atoms with Crippen LogP contribution < -0.4 is 0 Å². The van der Waals surface area contributed by atoms with E-state index in [-0.39, 0.29) is 11.9 Å². The van der Waals surface area contributed by atoms with Crippen LogP contribution in [0.2, 0.25) is 0 Å². The Bertz CT molecular complexity index is 617. The van der Waals surface area contributed by atoms with Gasteiger partial charge in [0.25, 0.3) is 0 Å². The van der Waals surface area contributed by atoms with Gasteiger partial charge in [0.05, 0.1) is 11.7 Å². The molecule has 0 spiro atoms. The van der Waals surface area contributed by atoms with E-state index >= 15 is 0 Å². The summed E-state index contributed by atoms with van der Waals surface area (Å²) in [6.45, 7) is 4.84. The highest BCUT2D eigenvalue weighted by atomic mass is 16.2. The minimum absolute atomic E-state index is 0.101. The fraction of sp³-hybridized carbons (Fsp3) is 0.353. The Morgan fingerprint density at radius 3 is 2.73 bits per heavy atom. The molecule has 0 N–H and O–H groups in total. The molecule has 1 fully saturated rings. The third-order valence-corrected chi connectivity index (χ3v) is 4.06. The lowest BCUT2D eigenvalue weighted by Gasteiger charge is -2.41. The molecule has 22 heavy (non-hydrogen) atoms. The maximum atomic E-state index is 11.9. The smallest absolute Gasteiger partial charge is 0.220 e. The second-order valence-corrected chi connectivity index (χ2v) is 5.57. The average Bonchev–Trinajstić information content (AvgIpc) is 2.56. The standard InChI is InChI=1S/C17H20N4O/c1-14(22)21-10-9-20(12-16-11-18-7-8-19-16)13-17(21)15-5-3-2-4-6-15/h2-8,11,17H,9-10,12-13H2,1H3/t17-/m1/s1. The predicted octanol–water partition coefficient (Wildman–Crippen LogP) is 1.88. The van der Waals surface area contributed by atoms with Gasteiger partial charge in [-0.3, -0.25) is 19.7 Å².